The molecule has 1 aliphatic heterocycles. The lowest BCUT2D eigenvalue weighted by Crippen LogP contribution is -2.38. The smallest absolute Gasteiger partial charge is 0.147 e. The number of likely N-dealkylation sites (tertiary alicyclic amines) is 1. The maximum Gasteiger partial charge on any atom is 0.147 e. The molecule has 0 bridgehead atoms. The highest BCUT2D eigenvalue weighted by Gasteiger charge is 2.37. The number of nitrogens with zero attached hydrogens (tertiary/aromatic N) is 5. The van der Waals surface area contributed by atoms with Gasteiger partial charge in [-0.3, -0.25) is 4.90 Å². The Balaban J connectivity index is 1.46. The zero-order valence-corrected chi connectivity index (χ0v) is 13.9. The van der Waals surface area contributed by atoms with Gasteiger partial charge in [0.1, 0.15) is 11.6 Å². The van der Waals surface area contributed by atoms with Crippen molar-refractivity contribution in [3.63, 3.8) is 0 Å². The molecule has 0 atom stereocenters. The number of hydrogen-bond acceptors (Lipinski definition) is 5. The van der Waals surface area contributed by atoms with E-state index in [-0.39, 0.29) is 5.41 Å². The molecule has 0 aromatic carbocycles. The van der Waals surface area contributed by atoms with Gasteiger partial charge in [-0.05, 0) is 45.4 Å². The van der Waals surface area contributed by atoms with Gasteiger partial charge in [0, 0.05) is 31.1 Å². The van der Waals surface area contributed by atoms with Gasteiger partial charge in [-0.1, -0.05) is 0 Å². The maximum atomic E-state index is 9.27. The fourth-order valence-corrected chi connectivity index (χ4v) is 3.84. The molecule has 0 amide bonds. The number of aromatic nitrogens is 3. The molecule has 0 spiro atoms. The summed E-state index contributed by atoms with van der Waals surface area (Å²) in [5.41, 5.74) is 5.81. The predicted octanol–water partition coefficient (Wildman–Crippen LogP) is 1.94. The first kappa shape index (κ1) is 15.1. The van der Waals surface area contributed by atoms with Crippen LogP contribution < -0.4 is 5.73 Å². The van der Waals surface area contributed by atoms with Crippen molar-refractivity contribution < 1.29 is 0 Å². The molecular formula is C17H26N6. The van der Waals surface area contributed by atoms with E-state index >= 15 is 0 Å². The molecule has 124 valence electrons. The highest BCUT2D eigenvalue weighted by molar-refractivity contribution is 5.12. The van der Waals surface area contributed by atoms with Gasteiger partial charge in [0.2, 0.25) is 0 Å². The highest BCUT2D eigenvalue weighted by atomic mass is 15.3. The van der Waals surface area contributed by atoms with Crippen LogP contribution in [-0.2, 0) is 6.54 Å². The van der Waals surface area contributed by atoms with Crippen LogP contribution in [0.4, 0.5) is 0 Å². The number of hydrogen-bond donors (Lipinski definition) is 1. The van der Waals surface area contributed by atoms with Crippen LogP contribution in [0, 0.1) is 16.7 Å². The molecule has 3 fully saturated rings. The molecule has 2 aliphatic carbocycles. The molecule has 1 aromatic heterocycles. The minimum absolute atomic E-state index is 0.145. The first-order valence-corrected chi connectivity index (χ1v) is 8.91. The van der Waals surface area contributed by atoms with Crippen LogP contribution in [0.3, 0.4) is 0 Å². The Morgan fingerprint density at radius 2 is 1.96 bits per heavy atom. The summed E-state index contributed by atoms with van der Waals surface area (Å²) in [7, 11) is 0. The number of rotatable bonds is 4. The lowest BCUT2D eigenvalue weighted by molar-refractivity contribution is 0.145. The predicted molar refractivity (Wildman–Crippen MR) is 86.5 cm³/mol. The van der Waals surface area contributed by atoms with Gasteiger partial charge in [-0.15, -0.1) is 10.2 Å². The van der Waals surface area contributed by atoms with E-state index in [9.17, 15) is 5.26 Å². The minimum Gasteiger partial charge on any atom is -0.328 e. The van der Waals surface area contributed by atoms with Gasteiger partial charge in [-0.2, -0.15) is 5.26 Å². The van der Waals surface area contributed by atoms with Crippen LogP contribution in [0.1, 0.15) is 69.1 Å². The quantitative estimate of drug-likeness (QED) is 0.918. The molecule has 2 N–H and O–H groups in total. The molecule has 1 aromatic rings. The third-order valence-corrected chi connectivity index (χ3v) is 5.84. The molecular weight excluding hydrogens is 288 g/mol. The molecule has 0 unspecified atom stereocenters. The second-order valence-corrected chi connectivity index (χ2v) is 7.95. The van der Waals surface area contributed by atoms with Gasteiger partial charge in [0.15, 0.2) is 0 Å². The van der Waals surface area contributed by atoms with Crippen LogP contribution in [0.2, 0.25) is 0 Å². The van der Waals surface area contributed by atoms with Crippen molar-refractivity contribution >= 4 is 0 Å². The molecule has 1 saturated heterocycles. The maximum absolute atomic E-state index is 9.27. The second kappa shape index (κ2) is 5.57. The summed E-state index contributed by atoms with van der Waals surface area (Å²) in [5, 5.41) is 18.3. The van der Waals surface area contributed by atoms with Crippen molar-refractivity contribution in [2.75, 3.05) is 13.1 Å². The SMILES string of the molecule is CC1(C#N)CCN(Cc2nnc(C3CC(N)C3)n2C2CC2)CC1. The number of piperidine rings is 1. The Labute approximate surface area is 137 Å². The first-order valence-electron chi connectivity index (χ1n) is 8.91. The standard InChI is InChI=1S/C17H26N6/c1-17(11-18)4-6-22(7-5-17)10-15-20-21-16(12-8-13(19)9-12)23(15)14-2-3-14/h12-14H,2-10,19H2,1H3. The van der Waals surface area contributed by atoms with Crippen molar-refractivity contribution in [1.82, 2.24) is 19.7 Å². The zero-order valence-electron chi connectivity index (χ0n) is 13.9. The zero-order chi connectivity index (χ0) is 16.0. The molecule has 2 heterocycles. The molecule has 0 radical (unpaired) electrons. The largest absolute Gasteiger partial charge is 0.328 e. The van der Waals surface area contributed by atoms with E-state index in [0.29, 0.717) is 18.0 Å². The minimum atomic E-state index is -0.145. The molecule has 23 heavy (non-hydrogen) atoms. The monoisotopic (exact) mass is 314 g/mol. The van der Waals surface area contributed by atoms with Crippen molar-refractivity contribution in [1.29, 1.82) is 5.26 Å². The topological polar surface area (TPSA) is 83.8 Å². The van der Waals surface area contributed by atoms with E-state index < -0.39 is 0 Å². The lowest BCUT2D eigenvalue weighted by Gasteiger charge is -2.35. The van der Waals surface area contributed by atoms with Gasteiger partial charge in [-0.25, -0.2) is 0 Å². The molecule has 6 nitrogen and oxygen atoms in total. The van der Waals surface area contributed by atoms with Gasteiger partial charge < -0.3 is 10.3 Å². The Bertz CT molecular complexity index is 612. The normalized spacial score (nSPS) is 30.7. The molecule has 2 saturated carbocycles. The fourth-order valence-electron chi connectivity index (χ4n) is 3.84. The Hall–Kier alpha value is -1.45. The van der Waals surface area contributed by atoms with Crippen LogP contribution in [-0.4, -0.2) is 38.8 Å². The number of nitriles is 1. The third-order valence-electron chi connectivity index (χ3n) is 5.84. The van der Waals surface area contributed by atoms with Crippen molar-refractivity contribution in [3.8, 4) is 6.07 Å². The summed E-state index contributed by atoms with van der Waals surface area (Å²) in [6, 6.07) is 3.43. The third kappa shape index (κ3) is 2.88. The first-order chi connectivity index (χ1) is 11.1. The highest BCUT2D eigenvalue weighted by Crippen LogP contribution is 2.42. The molecule has 4 rings (SSSR count). The van der Waals surface area contributed by atoms with E-state index in [1.165, 1.54) is 18.7 Å². The van der Waals surface area contributed by atoms with E-state index in [2.05, 4.69) is 32.7 Å². The summed E-state index contributed by atoms with van der Waals surface area (Å²) in [6.07, 6.45) is 6.51. The Kier molecular flexibility index (Phi) is 3.66. The van der Waals surface area contributed by atoms with Crippen molar-refractivity contribution in [3.05, 3.63) is 11.6 Å². The lowest BCUT2D eigenvalue weighted by atomic mass is 9.80. The fraction of sp³-hybridized carbons (Fsp3) is 0.824. The molecule has 3 aliphatic rings. The van der Waals surface area contributed by atoms with Gasteiger partial charge in [0.05, 0.1) is 18.0 Å². The number of nitrogens with two attached hydrogens (primary N) is 1. The van der Waals surface area contributed by atoms with Gasteiger partial charge >= 0.3 is 0 Å². The van der Waals surface area contributed by atoms with E-state index in [1.54, 1.807) is 0 Å². The van der Waals surface area contributed by atoms with E-state index in [0.717, 1.165) is 51.1 Å². The second-order valence-electron chi connectivity index (χ2n) is 7.95. The Morgan fingerprint density at radius 1 is 1.26 bits per heavy atom. The Morgan fingerprint density at radius 3 is 2.52 bits per heavy atom. The molecule has 6 heteroatoms. The summed E-state index contributed by atoms with van der Waals surface area (Å²) in [6.45, 7) is 4.90. The summed E-state index contributed by atoms with van der Waals surface area (Å²) < 4.78 is 2.41. The van der Waals surface area contributed by atoms with Crippen LogP contribution in [0.25, 0.3) is 0 Å². The van der Waals surface area contributed by atoms with Crippen LogP contribution in [0.15, 0.2) is 0 Å². The summed E-state index contributed by atoms with van der Waals surface area (Å²) in [5.74, 6) is 2.79. The van der Waals surface area contributed by atoms with Crippen LogP contribution >= 0.6 is 0 Å². The average molecular weight is 314 g/mol. The van der Waals surface area contributed by atoms with Gasteiger partial charge in [0.25, 0.3) is 0 Å². The average Bonchev–Trinajstić information content (AvgIpc) is 3.28. The van der Waals surface area contributed by atoms with Crippen LogP contribution in [0.5, 0.6) is 0 Å². The van der Waals surface area contributed by atoms with Crippen molar-refractivity contribution in [2.24, 2.45) is 11.1 Å². The van der Waals surface area contributed by atoms with Crippen molar-refractivity contribution in [2.45, 2.75) is 70.0 Å². The summed E-state index contributed by atoms with van der Waals surface area (Å²) >= 11 is 0. The van der Waals surface area contributed by atoms with E-state index in [1.807, 2.05) is 0 Å². The summed E-state index contributed by atoms with van der Waals surface area (Å²) in [4.78, 5) is 2.43. The van der Waals surface area contributed by atoms with E-state index in [4.69, 9.17) is 5.73 Å².